The average Bonchev–Trinajstić information content (AvgIpc) is 3.08. The molecule has 1 aliphatic heterocycles. The van der Waals surface area contributed by atoms with Crippen LogP contribution in [0.4, 0.5) is 10.1 Å². The van der Waals surface area contributed by atoms with E-state index in [1.54, 1.807) is 18.2 Å². The summed E-state index contributed by atoms with van der Waals surface area (Å²) in [6.07, 6.45) is 0. The molecule has 3 rings (SSSR count). The molecule has 0 aliphatic carbocycles. The fourth-order valence-corrected chi connectivity index (χ4v) is 2.39. The number of nitrogens with one attached hydrogen (secondary N) is 4. The van der Waals surface area contributed by atoms with Gasteiger partial charge in [-0.2, -0.15) is 0 Å². The molecule has 0 unspecified atom stereocenters. The van der Waals surface area contributed by atoms with Gasteiger partial charge in [0.05, 0.1) is 5.69 Å². The van der Waals surface area contributed by atoms with E-state index >= 15 is 0 Å². The number of benzene rings is 2. The third-order valence-electron chi connectivity index (χ3n) is 3.30. The van der Waals surface area contributed by atoms with Crippen molar-refractivity contribution in [1.82, 2.24) is 16.2 Å². The summed E-state index contributed by atoms with van der Waals surface area (Å²) in [6, 6.07) is 11.9. The summed E-state index contributed by atoms with van der Waals surface area (Å²) in [5.74, 6) is 1.05. The highest BCUT2D eigenvalue weighted by atomic mass is 32.1. The zero-order valence-corrected chi connectivity index (χ0v) is 14.6. The molecule has 0 aromatic heterocycles. The second kappa shape index (κ2) is 7.95. The number of anilines is 1. The Hall–Kier alpha value is -2.65. The predicted octanol–water partition coefficient (Wildman–Crippen LogP) is 2.42. The van der Waals surface area contributed by atoms with Crippen molar-refractivity contribution in [3.8, 4) is 11.5 Å². The van der Waals surface area contributed by atoms with Gasteiger partial charge in [0.25, 0.3) is 0 Å². The van der Waals surface area contributed by atoms with Gasteiger partial charge in [-0.15, -0.1) is 0 Å². The van der Waals surface area contributed by atoms with Crippen LogP contribution in [-0.2, 0) is 6.54 Å². The molecule has 1 heterocycles. The Morgan fingerprint density at radius 2 is 1.76 bits per heavy atom. The van der Waals surface area contributed by atoms with Crippen molar-refractivity contribution in [3.63, 3.8) is 0 Å². The van der Waals surface area contributed by atoms with Crippen LogP contribution in [0.5, 0.6) is 11.5 Å². The molecule has 0 radical (unpaired) electrons. The molecular weight excluding hydrogens is 363 g/mol. The lowest BCUT2D eigenvalue weighted by atomic mass is 10.2. The molecule has 0 bridgehead atoms. The Morgan fingerprint density at radius 3 is 2.60 bits per heavy atom. The molecule has 1 aliphatic rings. The number of ether oxygens (including phenoxy) is 2. The van der Waals surface area contributed by atoms with Gasteiger partial charge in [-0.25, -0.2) is 4.39 Å². The van der Waals surface area contributed by atoms with Gasteiger partial charge in [0, 0.05) is 6.54 Å². The van der Waals surface area contributed by atoms with E-state index < -0.39 is 5.82 Å². The molecule has 0 amide bonds. The molecule has 130 valence electrons. The minimum absolute atomic E-state index is 0.192. The van der Waals surface area contributed by atoms with Crippen LogP contribution in [0.1, 0.15) is 5.56 Å². The Bertz CT molecular complexity index is 803. The van der Waals surface area contributed by atoms with Gasteiger partial charge in [-0.05, 0) is 54.3 Å². The lowest BCUT2D eigenvalue weighted by Crippen LogP contribution is -2.48. The van der Waals surface area contributed by atoms with Crippen molar-refractivity contribution in [3.05, 3.63) is 53.8 Å². The van der Waals surface area contributed by atoms with Gasteiger partial charge >= 0.3 is 0 Å². The van der Waals surface area contributed by atoms with Crippen molar-refractivity contribution in [1.29, 1.82) is 0 Å². The number of halogens is 1. The lowest BCUT2D eigenvalue weighted by Gasteiger charge is -2.14. The Balaban J connectivity index is 1.42. The molecule has 2 aromatic rings. The summed E-state index contributed by atoms with van der Waals surface area (Å²) in [5, 5.41) is 6.29. The second-order valence-corrected chi connectivity index (χ2v) is 5.87. The molecule has 9 heteroatoms. The Morgan fingerprint density at radius 1 is 1.00 bits per heavy atom. The van der Waals surface area contributed by atoms with E-state index in [9.17, 15) is 4.39 Å². The minimum Gasteiger partial charge on any atom is -0.454 e. The van der Waals surface area contributed by atoms with Crippen LogP contribution in [0.2, 0.25) is 0 Å². The van der Waals surface area contributed by atoms with E-state index in [4.69, 9.17) is 33.9 Å². The molecule has 25 heavy (non-hydrogen) atoms. The first kappa shape index (κ1) is 17.2. The molecule has 0 saturated heterocycles. The van der Waals surface area contributed by atoms with E-state index in [0.717, 1.165) is 11.3 Å². The van der Waals surface area contributed by atoms with Gasteiger partial charge in [0.2, 0.25) is 6.79 Å². The summed E-state index contributed by atoms with van der Waals surface area (Å²) in [7, 11) is 0. The Labute approximate surface area is 154 Å². The van der Waals surface area contributed by atoms with Crippen LogP contribution in [-0.4, -0.2) is 17.0 Å². The van der Waals surface area contributed by atoms with Crippen LogP contribution >= 0.6 is 24.4 Å². The average molecular weight is 378 g/mol. The first-order valence-electron chi connectivity index (χ1n) is 7.36. The maximum atomic E-state index is 13.5. The largest absolute Gasteiger partial charge is 0.454 e. The first-order chi connectivity index (χ1) is 12.1. The Kier molecular flexibility index (Phi) is 5.46. The molecule has 0 atom stereocenters. The van der Waals surface area contributed by atoms with Crippen LogP contribution in [0.3, 0.4) is 0 Å². The number of para-hydroxylation sites is 1. The summed E-state index contributed by atoms with van der Waals surface area (Å²) in [6.45, 7) is 0.736. The van der Waals surface area contributed by atoms with E-state index in [-0.39, 0.29) is 17.6 Å². The van der Waals surface area contributed by atoms with Crippen molar-refractivity contribution in [2.75, 3.05) is 12.1 Å². The van der Waals surface area contributed by atoms with E-state index in [2.05, 4.69) is 21.5 Å². The number of hydrazine groups is 1. The highest BCUT2D eigenvalue weighted by Gasteiger charge is 2.13. The SMILES string of the molecule is Fc1ccccc1NC(=S)NNC(=S)NCc1ccc2c(c1)OCO2. The molecule has 0 fully saturated rings. The molecule has 0 saturated carbocycles. The molecule has 6 nitrogen and oxygen atoms in total. The predicted molar refractivity (Wildman–Crippen MR) is 101 cm³/mol. The van der Waals surface area contributed by atoms with Gasteiger partial charge in [0.15, 0.2) is 21.7 Å². The van der Waals surface area contributed by atoms with E-state index in [0.29, 0.717) is 17.4 Å². The van der Waals surface area contributed by atoms with Crippen LogP contribution in [0.25, 0.3) is 0 Å². The third-order valence-corrected chi connectivity index (χ3v) is 3.75. The topological polar surface area (TPSA) is 66.6 Å². The maximum absolute atomic E-state index is 13.5. The quantitative estimate of drug-likeness (QED) is 0.480. The van der Waals surface area contributed by atoms with Gasteiger partial charge < -0.3 is 20.1 Å². The molecule has 0 spiro atoms. The summed E-state index contributed by atoms with van der Waals surface area (Å²) >= 11 is 10.2. The van der Waals surface area contributed by atoms with E-state index in [1.165, 1.54) is 6.07 Å². The molecule has 4 N–H and O–H groups in total. The monoisotopic (exact) mass is 378 g/mol. The van der Waals surface area contributed by atoms with Gasteiger partial charge in [-0.3, -0.25) is 10.9 Å². The van der Waals surface area contributed by atoms with Crippen molar-refractivity contribution >= 4 is 40.3 Å². The van der Waals surface area contributed by atoms with Crippen molar-refractivity contribution in [2.45, 2.75) is 6.54 Å². The minimum atomic E-state index is -0.393. The summed E-state index contributed by atoms with van der Waals surface area (Å²) in [5.41, 5.74) is 6.69. The normalized spacial score (nSPS) is 11.6. The maximum Gasteiger partial charge on any atom is 0.231 e. The van der Waals surface area contributed by atoms with Crippen LogP contribution in [0.15, 0.2) is 42.5 Å². The number of thiocarbonyl (C=S) groups is 2. The highest BCUT2D eigenvalue weighted by Crippen LogP contribution is 2.32. The van der Waals surface area contributed by atoms with Gasteiger partial charge in [0.1, 0.15) is 5.82 Å². The molecule has 2 aromatic carbocycles. The van der Waals surface area contributed by atoms with Crippen molar-refractivity contribution < 1.29 is 13.9 Å². The first-order valence-corrected chi connectivity index (χ1v) is 8.17. The number of hydrogen-bond acceptors (Lipinski definition) is 4. The number of hydrogen-bond donors (Lipinski definition) is 4. The number of rotatable bonds is 3. The van der Waals surface area contributed by atoms with Crippen LogP contribution in [0, 0.1) is 5.82 Å². The smallest absolute Gasteiger partial charge is 0.231 e. The lowest BCUT2D eigenvalue weighted by molar-refractivity contribution is 0.174. The fourth-order valence-electron chi connectivity index (χ4n) is 2.11. The second-order valence-electron chi connectivity index (χ2n) is 5.05. The third kappa shape index (κ3) is 4.68. The fraction of sp³-hybridized carbons (Fsp3) is 0.125. The molecular formula is C16H15FN4O2S2. The van der Waals surface area contributed by atoms with E-state index in [1.807, 2.05) is 18.2 Å². The number of fused-ring (bicyclic) bond motifs is 1. The summed E-state index contributed by atoms with van der Waals surface area (Å²) in [4.78, 5) is 0. The summed E-state index contributed by atoms with van der Waals surface area (Å²) < 4.78 is 24.1. The zero-order chi connectivity index (χ0) is 17.6. The van der Waals surface area contributed by atoms with Crippen LogP contribution < -0.4 is 31.0 Å². The zero-order valence-electron chi connectivity index (χ0n) is 13.0. The van der Waals surface area contributed by atoms with Crippen molar-refractivity contribution in [2.24, 2.45) is 0 Å². The highest BCUT2D eigenvalue weighted by molar-refractivity contribution is 7.80. The van der Waals surface area contributed by atoms with Gasteiger partial charge in [-0.1, -0.05) is 18.2 Å². The standard InChI is InChI=1S/C16H15FN4O2S2/c17-11-3-1-2-4-12(11)19-16(25)21-20-15(24)18-8-10-5-6-13-14(7-10)23-9-22-13/h1-7H,8-9H2,(H2,18,20,24)(H2,19,21,25).